The zero-order chi connectivity index (χ0) is 17.7. The van der Waals surface area contributed by atoms with E-state index in [1.807, 2.05) is 0 Å². The smallest absolute Gasteiger partial charge is 0.269 e. The number of ketones is 1. The van der Waals surface area contributed by atoms with Crippen molar-refractivity contribution < 1.29 is 18.9 Å². The number of benzene rings is 2. The van der Waals surface area contributed by atoms with Gasteiger partial charge in [0.1, 0.15) is 0 Å². The van der Waals surface area contributed by atoms with E-state index in [0.29, 0.717) is 5.56 Å². The summed E-state index contributed by atoms with van der Waals surface area (Å²) in [6, 6.07) is 11.8. The van der Waals surface area contributed by atoms with Crippen molar-refractivity contribution in [2.24, 2.45) is 0 Å². The maximum Gasteiger partial charge on any atom is 0.269 e. The van der Waals surface area contributed by atoms with E-state index >= 15 is 0 Å². The minimum Gasteiger partial charge on any atom is -0.346 e. The van der Waals surface area contributed by atoms with E-state index in [1.165, 1.54) is 19.1 Å². The van der Waals surface area contributed by atoms with Gasteiger partial charge >= 0.3 is 0 Å². The number of Topliss-reactive ketones (excluding diaryl/α,β-unsaturated/α-hetero) is 1. The third-order valence-electron chi connectivity index (χ3n) is 3.42. The second kappa shape index (κ2) is 7.45. The Labute approximate surface area is 137 Å². The zero-order valence-electron chi connectivity index (χ0n) is 12.8. The Morgan fingerprint density at radius 3 is 2.17 bits per heavy atom. The number of non-ortho nitro benzene ring substituents is 1. The van der Waals surface area contributed by atoms with Crippen molar-refractivity contribution in [3.63, 3.8) is 0 Å². The van der Waals surface area contributed by atoms with E-state index < -0.39 is 28.8 Å². The highest BCUT2D eigenvalue weighted by molar-refractivity contribution is 6.00. The van der Waals surface area contributed by atoms with Crippen LogP contribution in [0.1, 0.15) is 28.9 Å². The molecule has 0 aliphatic rings. The molecule has 0 saturated carbocycles. The molecule has 124 valence electrons. The van der Waals surface area contributed by atoms with E-state index in [2.05, 4.69) is 5.32 Å². The van der Waals surface area contributed by atoms with E-state index in [9.17, 15) is 24.1 Å². The van der Waals surface area contributed by atoms with Crippen LogP contribution in [0.25, 0.3) is 0 Å². The van der Waals surface area contributed by atoms with Gasteiger partial charge < -0.3 is 5.32 Å². The molecule has 0 heterocycles. The monoisotopic (exact) mass is 330 g/mol. The van der Waals surface area contributed by atoms with Crippen molar-refractivity contribution in [3.05, 3.63) is 75.8 Å². The summed E-state index contributed by atoms with van der Waals surface area (Å²) in [5, 5.41) is 13.1. The van der Waals surface area contributed by atoms with Crippen molar-refractivity contribution in [1.82, 2.24) is 5.32 Å². The van der Waals surface area contributed by atoms with E-state index in [-0.39, 0.29) is 11.3 Å². The first-order valence-corrected chi connectivity index (χ1v) is 7.15. The number of hydrogen-bond donors (Lipinski definition) is 1. The molecule has 2 atom stereocenters. The number of carbonyl (C=O) groups is 2. The number of nitro groups is 1. The summed E-state index contributed by atoms with van der Waals surface area (Å²) in [7, 11) is 0. The standard InChI is InChI=1S/C17H15FN2O4/c1-11(21)19-16(12-5-3-2-4-6-12)15(18)17(22)13-7-9-14(10-8-13)20(23)24/h2-10,15-16H,1H3,(H,19,21). The van der Waals surface area contributed by atoms with Gasteiger partial charge in [-0.1, -0.05) is 30.3 Å². The molecular weight excluding hydrogens is 315 g/mol. The van der Waals surface area contributed by atoms with Crippen LogP contribution in [0.15, 0.2) is 54.6 Å². The lowest BCUT2D eigenvalue weighted by Crippen LogP contribution is -2.37. The molecule has 1 amide bonds. The molecule has 1 N–H and O–H groups in total. The number of amides is 1. The third-order valence-corrected chi connectivity index (χ3v) is 3.42. The van der Waals surface area contributed by atoms with E-state index in [0.717, 1.165) is 12.1 Å². The number of hydrogen-bond acceptors (Lipinski definition) is 4. The molecule has 2 unspecified atom stereocenters. The first-order valence-electron chi connectivity index (χ1n) is 7.15. The second-order valence-corrected chi connectivity index (χ2v) is 5.16. The highest BCUT2D eigenvalue weighted by Gasteiger charge is 2.31. The van der Waals surface area contributed by atoms with Crippen LogP contribution >= 0.6 is 0 Å². The number of nitrogens with zero attached hydrogens (tertiary/aromatic N) is 1. The van der Waals surface area contributed by atoms with Crippen molar-refractivity contribution in [1.29, 1.82) is 0 Å². The molecule has 2 rings (SSSR count). The zero-order valence-corrected chi connectivity index (χ0v) is 12.8. The van der Waals surface area contributed by atoms with Crippen LogP contribution in [-0.4, -0.2) is 22.8 Å². The molecule has 0 saturated heterocycles. The Balaban J connectivity index is 2.28. The largest absolute Gasteiger partial charge is 0.346 e. The fraction of sp³-hybridized carbons (Fsp3) is 0.176. The molecule has 0 fully saturated rings. The van der Waals surface area contributed by atoms with Crippen molar-refractivity contribution in [2.45, 2.75) is 19.1 Å². The number of nitrogens with one attached hydrogen (secondary N) is 1. The van der Waals surface area contributed by atoms with Gasteiger partial charge in [0.25, 0.3) is 5.69 Å². The molecule has 2 aromatic rings. The predicted octanol–water partition coefficient (Wildman–Crippen LogP) is 2.99. The lowest BCUT2D eigenvalue weighted by molar-refractivity contribution is -0.384. The quantitative estimate of drug-likeness (QED) is 0.501. The molecule has 0 aromatic heterocycles. The topological polar surface area (TPSA) is 89.3 Å². The summed E-state index contributed by atoms with van der Waals surface area (Å²) >= 11 is 0. The number of halogens is 1. The lowest BCUT2D eigenvalue weighted by Gasteiger charge is -2.21. The lowest BCUT2D eigenvalue weighted by atomic mass is 9.96. The minimum atomic E-state index is -2.02. The van der Waals surface area contributed by atoms with Crippen molar-refractivity contribution in [3.8, 4) is 0 Å². The predicted molar refractivity (Wildman–Crippen MR) is 85.3 cm³/mol. The molecule has 7 heteroatoms. The SMILES string of the molecule is CC(=O)NC(c1ccccc1)C(F)C(=O)c1ccc([N+](=O)[O-])cc1. The van der Waals surface area contributed by atoms with Gasteiger partial charge in [-0.15, -0.1) is 0 Å². The van der Waals surface area contributed by atoms with Gasteiger partial charge in [-0.25, -0.2) is 4.39 Å². The van der Waals surface area contributed by atoms with Gasteiger partial charge in [0.2, 0.25) is 5.91 Å². The summed E-state index contributed by atoms with van der Waals surface area (Å²) in [6.07, 6.45) is -2.02. The van der Waals surface area contributed by atoms with Gasteiger partial charge in [0, 0.05) is 24.6 Å². The Morgan fingerprint density at radius 1 is 1.08 bits per heavy atom. The average molecular weight is 330 g/mol. The Hall–Kier alpha value is -3.09. The molecule has 0 spiro atoms. The van der Waals surface area contributed by atoms with E-state index in [4.69, 9.17) is 0 Å². The van der Waals surface area contributed by atoms with Crippen molar-refractivity contribution in [2.75, 3.05) is 0 Å². The highest BCUT2D eigenvalue weighted by atomic mass is 19.1. The highest BCUT2D eigenvalue weighted by Crippen LogP contribution is 2.23. The summed E-state index contributed by atoms with van der Waals surface area (Å²) < 4.78 is 14.8. The summed E-state index contributed by atoms with van der Waals surface area (Å²) in [4.78, 5) is 33.7. The van der Waals surface area contributed by atoms with Crippen molar-refractivity contribution >= 4 is 17.4 Å². The molecule has 0 aliphatic carbocycles. The second-order valence-electron chi connectivity index (χ2n) is 5.16. The number of rotatable bonds is 6. The average Bonchev–Trinajstić information content (AvgIpc) is 2.59. The van der Waals surface area contributed by atoms with Gasteiger partial charge in [0.15, 0.2) is 12.0 Å². The normalized spacial score (nSPS) is 12.9. The summed E-state index contributed by atoms with van der Waals surface area (Å²) in [5.41, 5.74) is 0.262. The van der Waals surface area contributed by atoms with Gasteiger partial charge in [-0.3, -0.25) is 19.7 Å². The molecule has 0 radical (unpaired) electrons. The first-order chi connectivity index (χ1) is 11.4. The molecule has 0 aliphatic heterocycles. The number of alkyl halides is 1. The summed E-state index contributed by atoms with van der Waals surface area (Å²) in [5.74, 6) is -1.32. The van der Waals surface area contributed by atoms with Crippen LogP contribution in [0.4, 0.5) is 10.1 Å². The minimum absolute atomic E-state index is 0.000571. The molecular formula is C17H15FN2O4. The molecule has 6 nitrogen and oxygen atoms in total. The molecule has 24 heavy (non-hydrogen) atoms. The van der Waals surface area contributed by atoms with Crippen LogP contribution in [0, 0.1) is 10.1 Å². The Bertz CT molecular complexity index is 747. The first kappa shape index (κ1) is 17.3. The number of nitro benzene ring substituents is 1. The van der Waals surface area contributed by atoms with Gasteiger partial charge in [-0.05, 0) is 17.7 Å². The summed E-state index contributed by atoms with van der Waals surface area (Å²) in [6.45, 7) is 1.24. The van der Waals surface area contributed by atoms with Gasteiger partial charge in [-0.2, -0.15) is 0 Å². The van der Waals surface area contributed by atoms with Crippen LogP contribution in [-0.2, 0) is 4.79 Å². The van der Waals surface area contributed by atoms with Crippen LogP contribution in [0.3, 0.4) is 0 Å². The van der Waals surface area contributed by atoms with Crippen LogP contribution in [0.5, 0.6) is 0 Å². The van der Waals surface area contributed by atoms with E-state index in [1.54, 1.807) is 30.3 Å². The third kappa shape index (κ3) is 4.01. The number of carbonyl (C=O) groups excluding carboxylic acids is 2. The maximum atomic E-state index is 14.8. The fourth-order valence-corrected chi connectivity index (χ4v) is 2.26. The molecule has 2 aromatic carbocycles. The van der Waals surface area contributed by atoms with Gasteiger partial charge in [0.05, 0.1) is 11.0 Å². The molecule has 0 bridgehead atoms. The Kier molecular flexibility index (Phi) is 5.36. The van der Waals surface area contributed by atoms with Crippen LogP contribution in [0.2, 0.25) is 0 Å². The maximum absolute atomic E-state index is 14.8. The fourth-order valence-electron chi connectivity index (χ4n) is 2.26. The van der Waals surface area contributed by atoms with Crippen LogP contribution < -0.4 is 5.32 Å². The Morgan fingerprint density at radius 2 is 1.67 bits per heavy atom.